The van der Waals surface area contributed by atoms with Gasteiger partial charge in [-0.15, -0.1) is 11.3 Å². The molecule has 4 aromatic rings. The topological polar surface area (TPSA) is 86.5 Å². The molecule has 0 amide bonds. The van der Waals surface area contributed by atoms with Crippen LogP contribution in [-0.4, -0.2) is 25.3 Å². The van der Waals surface area contributed by atoms with Crippen molar-refractivity contribution in [3.8, 4) is 0 Å². The number of aromatic nitrogens is 4. The van der Waals surface area contributed by atoms with Crippen molar-refractivity contribution >= 4 is 33.3 Å². The van der Waals surface area contributed by atoms with Gasteiger partial charge in [0.15, 0.2) is 4.96 Å². The molecule has 3 aromatic heterocycles. The van der Waals surface area contributed by atoms with Crippen LogP contribution in [0, 0.1) is 0 Å². The number of rotatable bonds is 3. The van der Waals surface area contributed by atoms with Gasteiger partial charge in [0.05, 0.1) is 22.3 Å². The Morgan fingerprint density at radius 1 is 1.17 bits per heavy atom. The zero-order valence-corrected chi connectivity index (χ0v) is 13.1. The second-order valence-electron chi connectivity index (χ2n) is 4.98. The zero-order valence-electron chi connectivity index (χ0n) is 12.2. The molecule has 0 atom stereocenters. The number of thiazole rings is 1. The van der Waals surface area contributed by atoms with E-state index >= 15 is 0 Å². The van der Waals surface area contributed by atoms with Crippen LogP contribution in [0.15, 0.2) is 53.0 Å². The maximum atomic E-state index is 12.2. The van der Waals surface area contributed by atoms with E-state index in [9.17, 15) is 9.59 Å². The molecule has 0 aliphatic rings. The highest BCUT2D eigenvalue weighted by Crippen LogP contribution is 2.13. The predicted molar refractivity (Wildman–Crippen MR) is 88.0 cm³/mol. The summed E-state index contributed by atoms with van der Waals surface area (Å²) in [6.07, 6.45) is 4.80. The summed E-state index contributed by atoms with van der Waals surface area (Å²) >= 11 is 1.34. The van der Waals surface area contributed by atoms with Gasteiger partial charge in [-0.05, 0) is 18.2 Å². The summed E-state index contributed by atoms with van der Waals surface area (Å²) in [7, 11) is 0. The molecule has 0 aliphatic carbocycles. The second-order valence-corrected chi connectivity index (χ2v) is 5.85. The quantitative estimate of drug-likeness (QED) is 0.532. The first-order valence-corrected chi connectivity index (χ1v) is 7.92. The number of fused-ring (bicyclic) bond motifs is 2. The average molecular weight is 338 g/mol. The van der Waals surface area contributed by atoms with Crippen molar-refractivity contribution < 1.29 is 9.53 Å². The van der Waals surface area contributed by atoms with Gasteiger partial charge in [-0.2, -0.15) is 0 Å². The largest absolute Gasteiger partial charge is 0.456 e. The monoisotopic (exact) mass is 338 g/mol. The number of ether oxygens (including phenoxy) is 1. The molecule has 0 aliphatic heterocycles. The lowest BCUT2D eigenvalue weighted by Crippen LogP contribution is -2.14. The molecule has 1 aromatic carbocycles. The van der Waals surface area contributed by atoms with Crippen molar-refractivity contribution in [3.05, 3.63) is 69.8 Å². The number of hydrogen-bond donors (Lipinski definition) is 0. The fourth-order valence-corrected chi connectivity index (χ4v) is 3.01. The van der Waals surface area contributed by atoms with Gasteiger partial charge in [0, 0.05) is 30.0 Å². The lowest BCUT2D eigenvalue weighted by molar-refractivity contribution is 0.0468. The number of benzene rings is 1. The highest BCUT2D eigenvalue weighted by atomic mass is 32.1. The summed E-state index contributed by atoms with van der Waals surface area (Å²) in [5.41, 5.74) is 1.90. The third kappa shape index (κ3) is 2.63. The van der Waals surface area contributed by atoms with Crippen molar-refractivity contribution in [2.75, 3.05) is 0 Å². The molecular weight excluding hydrogens is 328 g/mol. The highest BCUT2D eigenvalue weighted by Gasteiger charge is 2.11. The second kappa shape index (κ2) is 5.82. The Morgan fingerprint density at radius 3 is 2.88 bits per heavy atom. The van der Waals surface area contributed by atoms with Gasteiger partial charge in [0.1, 0.15) is 6.61 Å². The SMILES string of the molecule is O=C(OCc1cc(=O)n2ccsc2n1)c1ccc2nccnc2c1. The first-order valence-electron chi connectivity index (χ1n) is 7.04. The Labute approximate surface area is 139 Å². The van der Waals surface area contributed by atoms with E-state index in [1.807, 2.05) is 0 Å². The molecule has 0 radical (unpaired) electrons. The minimum Gasteiger partial charge on any atom is -0.456 e. The lowest BCUT2D eigenvalue weighted by atomic mass is 10.2. The van der Waals surface area contributed by atoms with Crippen LogP contribution in [0.2, 0.25) is 0 Å². The predicted octanol–water partition coefficient (Wildman–Crippen LogP) is 2.06. The van der Waals surface area contributed by atoms with Crippen LogP contribution in [0.1, 0.15) is 16.1 Å². The van der Waals surface area contributed by atoms with Crippen LogP contribution in [0.5, 0.6) is 0 Å². The van der Waals surface area contributed by atoms with E-state index in [-0.39, 0.29) is 12.2 Å². The van der Waals surface area contributed by atoms with Crippen molar-refractivity contribution in [1.82, 2.24) is 19.4 Å². The standard InChI is InChI=1S/C16H10N4O3S/c21-14-8-11(19-16-20(14)5-6-24-16)9-23-15(22)10-1-2-12-13(7-10)18-4-3-17-12/h1-8H,9H2. The molecule has 118 valence electrons. The van der Waals surface area contributed by atoms with Gasteiger partial charge < -0.3 is 4.74 Å². The molecule has 0 unspecified atom stereocenters. The highest BCUT2D eigenvalue weighted by molar-refractivity contribution is 7.15. The van der Waals surface area contributed by atoms with Gasteiger partial charge in [-0.1, -0.05) is 0 Å². The lowest BCUT2D eigenvalue weighted by Gasteiger charge is -2.05. The Morgan fingerprint density at radius 2 is 2.00 bits per heavy atom. The minimum atomic E-state index is -0.504. The van der Waals surface area contributed by atoms with Gasteiger partial charge in [0.2, 0.25) is 0 Å². The Bertz CT molecular complexity index is 1120. The molecule has 7 nitrogen and oxygen atoms in total. The fourth-order valence-electron chi connectivity index (χ4n) is 2.27. The Hall–Kier alpha value is -3.13. The number of carbonyl (C=O) groups excluding carboxylic acids is 1. The van der Waals surface area contributed by atoms with Crippen LogP contribution in [0.4, 0.5) is 0 Å². The molecule has 0 saturated heterocycles. The molecule has 0 N–H and O–H groups in total. The average Bonchev–Trinajstić information content (AvgIpc) is 3.08. The van der Waals surface area contributed by atoms with Crippen LogP contribution < -0.4 is 5.56 Å². The van der Waals surface area contributed by atoms with Gasteiger partial charge >= 0.3 is 5.97 Å². The van der Waals surface area contributed by atoms with Gasteiger partial charge in [-0.25, -0.2) is 9.78 Å². The zero-order chi connectivity index (χ0) is 16.5. The molecule has 0 fully saturated rings. The summed E-state index contributed by atoms with van der Waals surface area (Å²) in [6.45, 7) is -0.0685. The molecule has 0 spiro atoms. The third-order valence-electron chi connectivity index (χ3n) is 3.41. The molecule has 4 rings (SSSR count). The maximum Gasteiger partial charge on any atom is 0.338 e. The van der Waals surface area contributed by atoms with E-state index in [0.717, 1.165) is 0 Å². The maximum absolute atomic E-state index is 12.2. The van der Waals surface area contributed by atoms with Crippen LogP contribution in [0.3, 0.4) is 0 Å². The van der Waals surface area contributed by atoms with Crippen LogP contribution >= 0.6 is 11.3 Å². The molecule has 8 heteroatoms. The number of nitrogens with zero attached hydrogens (tertiary/aromatic N) is 4. The molecular formula is C16H10N4O3S. The van der Waals surface area contributed by atoms with Crippen LogP contribution in [0.25, 0.3) is 16.0 Å². The molecule has 3 heterocycles. The first kappa shape index (κ1) is 14.5. The van der Waals surface area contributed by atoms with Crippen LogP contribution in [-0.2, 0) is 11.3 Å². The fraction of sp³-hybridized carbons (Fsp3) is 0.0625. The summed E-state index contributed by atoms with van der Waals surface area (Å²) in [5, 5.41) is 1.77. The van der Waals surface area contributed by atoms with E-state index in [2.05, 4.69) is 15.0 Å². The summed E-state index contributed by atoms with van der Waals surface area (Å²) in [5.74, 6) is -0.504. The van der Waals surface area contributed by atoms with E-state index in [0.29, 0.717) is 27.3 Å². The van der Waals surface area contributed by atoms with Crippen molar-refractivity contribution in [2.45, 2.75) is 6.61 Å². The van der Waals surface area contributed by atoms with E-state index < -0.39 is 5.97 Å². The minimum absolute atomic E-state index is 0.0685. The molecule has 0 bridgehead atoms. The van der Waals surface area contributed by atoms with Gasteiger partial charge in [-0.3, -0.25) is 19.2 Å². The Balaban J connectivity index is 1.55. The van der Waals surface area contributed by atoms with E-state index in [1.165, 1.54) is 21.8 Å². The number of carbonyl (C=O) groups is 1. The van der Waals surface area contributed by atoms with Crippen molar-refractivity contribution in [3.63, 3.8) is 0 Å². The van der Waals surface area contributed by atoms with Gasteiger partial charge in [0.25, 0.3) is 5.56 Å². The first-order chi connectivity index (χ1) is 11.7. The molecule has 0 saturated carbocycles. The normalized spacial score (nSPS) is 11.0. The molecule has 24 heavy (non-hydrogen) atoms. The number of hydrogen-bond acceptors (Lipinski definition) is 7. The van der Waals surface area contributed by atoms with E-state index in [1.54, 1.807) is 42.2 Å². The summed E-state index contributed by atoms with van der Waals surface area (Å²) in [4.78, 5) is 37.2. The Kier molecular flexibility index (Phi) is 3.51. The summed E-state index contributed by atoms with van der Waals surface area (Å²) < 4.78 is 6.69. The summed E-state index contributed by atoms with van der Waals surface area (Å²) in [6, 6.07) is 6.32. The van der Waals surface area contributed by atoms with Crippen molar-refractivity contribution in [2.24, 2.45) is 0 Å². The van der Waals surface area contributed by atoms with Crippen molar-refractivity contribution in [1.29, 1.82) is 0 Å². The smallest absolute Gasteiger partial charge is 0.338 e. The third-order valence-corrected chi connectivity index (χ3v) is 4.17. The van der Waals surface area contributed by atoms with E-state index in [4.69, 9.17) is 4.74 Å². The number of esters is 1.